The molecule has 1 fully saturated rings. The summed E-state index contributed by atoms with van der Waals surface area (Å²) in [7, 11) is 0. The molecule has 1 aliphatic rings. The lowest BCUT2D eigenvalue weighted by Crippen LogP contribution is -2.25. The van der Waals surface area contributed by atoms with Gasteiger partial charge in [0.1, 0.15) is 0 Å². The third-order valence-electron chi connectivity index (χ3n) is 2.77. The average molecular weight is 182 g/mol. The zero-order chi connectivity index (χ0) is 9.52. The first-order valence-electron chi connectivity index (χ1n) is 5.63. The molecule has 0 N–H and O–H groups in total. The van der Waals surface area contributed by atoms with Crippen LogP contribution in [0.4, 0.5) is 0 Å². The topological polar surface area (TPSA) is 9.23 Å². The monoisotopic (exact) mass is 182 g/mol. The van der Waals surface area contributed by atoms with E-state index in [1.807, 2.05) is 0 Å². The normalized spacial score (nSPS) is 29.7. The molecule has 0 aromatic heterocycles. The Labute approximate surface area is 82.2 Å². The summed E-state index contributed by atoms with van der Waals surface area (Å²) in [6, 6.07) is 0. The molecule has 0 aromatic carbocycles. The fourth-order valence-electron chi connectivity index (χ4n) is 1.79. The van der Waals surface area contributed by atoms with Crippen molar-refractivity contribution in [3.63, 3.8) is 0 Å². The second-order valence-electron chi connectivity index (χ2n) is 3.95. The summed E-state index contributed by atoms with van der Waals surface area (Å²) in [4.78, 5) is 0. The predicted molar refractivity (Wildman–Crippen MR) is 56.8 cm³/mol. The Bertz CT molecular complexity index is 151. The van der Waals surface area contributed by atoms with E-state index in [0.717, 1.165) is 6.61 Å². The lowest BCUT2D eigenvalue weighted by molar-refractivity contribution is 0.00142. The van der Waals surface area contributed by atoms with Crippen LogP contribution in [0.5, 0.6) is 0 Å². The van der Waals surface area contributed by atoms with Gasteiger partial charge in [0.2, 0.25) is 0 Å². The summed E-state index contributed by atoms with van der Waals surface area (Å²) in [6.07, 6.45) is 11.5. The molecular formula is C12H22O. The minimum absolute atomic E-state index is 0.437. The highest BCUT2D eigenvalue weighted by molar-refractivity contribution is 4.92. The van der Waals surface area contributed by atoms with E-state index in [0.29, 0.717) is 12.0 Å². The molecule has 0 aromatic rings. The zero-order valence-electron chi connectivity index (χ0n) is 8.96. The summed E-state index contributed by atoms with van der Waals surface area (Å²) >= 11 is 0. The first-order valence-corrected chi connectivity index (χ1v) is 5.63. The SMILES string of the molecule is CCCC/C=C/[C@@H]1CCCO[C@H]1C. The summed E-state index contributed by atoms with van der Waals surface area (Å²) in [6.45, 7) is 5.38. The Balaban J connectivity index is 2.21. The molecule has 0 spiro atoms. The molecule has 1 nitrogen and oxygen atoms in total. The molecule has 1 heterocycles. The number of allylic oxidation sites excluding steroid dienone is 1. The van der Waals surface area contributed by atoms with E-state index >= 15 is 0 Å². The van der Waals surface area contributed by atoms with Crippen molar-refractivity contribution in [3.8, 4) is 0 Å². The van der Waals surface area contributed by atoms with Gasteiger partial charge in [-0.3, -0.25) is 0 Å². The van der Waals surface area contributed by atoms with E-state index < -0.39 is 0 Å². The van der Waals surface area contributed by atoms with Gasteiger partial charge in [-0.2, -0.15) is 0 Å². The number of hydrogen-bond donors (Lipinski definition) is 0. The molecule has 0 aliphatic carbocycles. The maximum Gasteiger partial charge on any atom is 0.0609 e. The Morgan fingerprint density at radius 3 is 3.00 bits per heavy atom. The van der Waals surface area contributed by atoms with Gasteiger partial charge in [-0.1, -0.05) is 31.9 Å². The highest BCUT2D eigenvalue weighted by Gasteiger charge is 2.18. The first-order chi connectivity index (χ1) is 6.34. The van der Waals surface area contributed by atoms with Gasteiger partial charge >= 0.3 is 0 Å². The van der Waals surface area contributed by atoms with Crippen molar-refractivity contribution in [2.45, 2.75) is 52.1 Å². The van der Waals surface area contributed by atoms with Crippen molar-refractivity contribution in [3.05, 3.63) is 12.2 Å². The fraction of sp³-hybridized carbons (Fsp3) is 0.833. The first kappa shape index (κ1) is 10.8. The summed E-state index contributed by atoms with van der Waals surface area (Å²) in [5, 5.41) is 0. The van der Waals surface area contributed by atoms with Crippen LogP contribution in [-0.2, 0) is 4.74 Å². The highest BCUT2D eigenvalue weighted by Crippen LogP contribution is 2.21. The second-order valence-corrected chi connectivity index (χ2v) is 3.95. The molecular weight excluding hydrogens is 160 g/mol. The molecule has 0 saturated carbocycles. The predicted octanol–water partition coefficient (Wildman–Crippen LogP) is 3.55. The fourth-order valence-corrected chi connectivity index (χ4v) is 1.79. The molecule has 0 unspecified atom stereocenters. The third kappa shape index (κ3) is 3.95. The maximum atomic E-state index is 5.60. The molecule has 13 heavy (non-hydrogen) atoms. The van der Waals surface area contributed by atoms with Crippen molar-refractivity contribution in [2.75, 3.05) is 6.61 Å². The molecule has 76 valence electrons. The number of ether oxygens (including phenoxy) is 1. The molecule has 0 bridgehead atoms. The van der Waals surface area contributed by atoms with Gasteiger partial charge < -0.3 is 4.74 Å². The number of unbranched alkanes of at least 4 members (excludes halogenated alkanes) is 2. The lowest BCUT2D eigenvalue weighted by atomic mass is 9.94. The van der Waals surface area contributed by atoms with Crippen LogP contribution in [0.3, 0.4) is 0 Å². The third-order valence-corrected chi connectivity index (χ3v) is 2.77. The van der Waals surface area contributed by atoms with Crippen molar-refractivity contribution < 1.29 is 4.74 Å². The van der Waals surface area contributed by atoms with Crippen LogP contribution in [-0.4, -0.2) is 12.7 Å². The van der Waals surface area contributed by atoms with E-state index in [2.05, 4.69) is 26.0 Å². The smallest absolute Gasteiger partial charge is 0.0609 e. The Morgan fingerprint density at radius 1 is 1.46 bits per heavy atom. The van der Waals surface area contributed by atoms with Crippen LogP contribution in [0.1, 0.15) is 46.0 Å². The molecule has 0 radical (unpaired) electrons. The summed E-state index contributed by atoms with van der Waals surface area (Å²) in [5.74, 6) is 0.672. The van der Waals surface area contributed by atoms with Gasteiger partial charge in [0.15, 0.2) is 0 Å². The van der Waals surface area contributed by atoms with Crippen LogP contribution < -0.4 is 0 Å². The molecule has 1 saturated heterocycles. The van der Waals surface area contributed by atoms with Gasteiger partial charge in [-0.25, -0.2) is 0 Å². The van der Waals surface area contributed by atoms with Crippen LogP contribution in [0.25, 0.3) is 0 Å². The van der Waals surface area contributed by atoms with Crippen LogP contribution in [0, 0.1) is 5.92 Å². The molecule has 0 amide bonds. The number of hydrogen-bond acceptors (Lipinski definition) is 1. The Morgan fingerprint density at radius 2 is 2.31 bits per heavy atom. The van der Waals surface area contributed by atoms with Crippen molar-refractivity contribution >= 4 is 0 Å². The van der Waals surface area contributed by atoms with Gasteiger partial charge in [-0.15, -0.1) is 0 Å². The molecule has 1 rings (SSSR count). The van der Waals surface area contributed by atoms with Crippen molar-refractivity contribution in [1.82, 2.24) is 0 Å². The minimum Gasteiger partial charge on any atom is -0.378 e. The van der Waals surface area contributed by atoms with Crippen molar-refractivity contribution in [1.29, 1.82) is 0 Å². The van der Waals surface area contributed by atoms with E-state index in [1.165, 1.54) is 32.1 Å². The summed E-state index contributed by atoms with van der Waals surface area (Å²) in [5.41, 5.74) is 0. The standard InChI is InChI=1S/C12H22O/c1-3-4-5-6-8-12-9-7-10-13-11(12)2/h6,8,11-12H,3-5,7,9-10H2,1-2H3/b8-6+/t11-,12+/m0/s1. The van der Waals surface area contributed by atoms with Crippen LogP contribution in [0.2, 0.25) is 0 Å². The van der Waals surface area contributed by atoms with E-state index in [-0.39, 0.29) is 0 Å². The quantitative estimate of drug-likeness (QED) is 0.477. The second kappa shape index (κ2) is 6.20. The zero-order valence-corrected chi connectivity index (χ0v) is 8.96. The molecule has 1 heteroatoms. The molecule has 1 aliphatic heterocycles. The van der Waals surface area contributed by atoms with Gasteiger partial charge in [0.05, 0.1) is 6.10 Å². The highest BCUT2D eigenvalue weighted by atomic mass is 16.5. The Hall–Kier alpha value is -0.300. The van der Waals surface area contributed by atoms with Gasteiger partial charge in [0, 0.05) is 12.5 Å². The van der Waals surface area contributed by atoms with E-state index in [9.17, 15) is 0 Å². The van der Waals surface area contributed by atoms with Crippen molar-refractivity contribution in [2.24, 2.45) is 5.92 Å². The number of rotatable bonds is 4. The largest absolute Gasteiger partial charge is 0.378 e. The minimum atomic E-state index is 0.437. The van der Waals surface area contributed by atoms with E-state index in [4.69, 9.17) is 4.74 Å². The van der Waals surface area contributed by atoms with E-state index in [1.54, 1.807) is 0 Å². The lowest BCUT2D eigenvalue weighted by Gasteiger charge is -2.26. The van der Waals surface area contributed by atoms with Crippen LogP contribution in [0.15, 0.2) is 12.2 Å². The Kier molecular flexibility index (Phi) is 5.14. The maximum absolute atomic E-state index is 5.60. The van der Waals surface area contributed by atoms with Gasteiger partial charge in [0.25, 0.3) is 0 Å². The molecule has 2 atom stereocenters. The summed E-state index contributed by atoms with van der Waals surface area (Å²) < 4.78 is 5.60. The van der Waals surface area contributed by atoms with Crippen LogP contribution >= 0.6 is 0 Å². The average Bonchev–Trinajstić information content (AvgIpc) is 2.15. The van der Waals surface area contributed by atoms with Gasteiger partial charge in [-0.05, 0) is 26.2 Å².